The normalized spacial score (nSPS) is 17.2. The van der Waals surface area contributed by atoms with Crippen molar-refractivity contribution in [1.82, 2.24) is 14.9 Å². The van der Waals surface area contributed by atoms with E-state index in [1.165, 1.54) is 17.5 Å². The van der Waals surface area contributed by atoms with E-state index in [4.69, 9.17) is 4.74 Å². The Hall–Kier alpha value is -1.81. The second kappa shape index (κ2) is 5.67. The molecular weight excluding hydrogens is 250 g/mol. The summed E-state index contributed by atoms with van der Waals surface area (Å²) in [6, 6.07) is 6.98. The van der Waals surface area contributed by atoms with Crippen LogP contribution in [0.2, 0.25) is 0 Å². The van der Waals surface area contributed by atoms with Gasteiger partial charge in [-0.2, -0.15) is 0 Å². The van der Waals surface area contributed by atoms with Crippen molar-refractivity contribution in [3.05, 3.63) is 47.5 Å². The van der Waals surface area contributed by atoms with Gasteiger partial charge in [-0.25, -0.2) is 4.98 Å². The van der Waals surface area contributed by atoms with Crippen LogP contribution in [0.25, 0.3) is 0 Å². The smallest absolute Gasteiger partial charge is 0.130 e. The van der Waals surface area contributed by atoms with Crippen molar-refractivity contribution in [2.75, 3.05) is 6.54 Å². The number of rotatable bonds is 5. The van der Waals surface area contributed by atoms with Gasteiger partial charge in [0.05, 0.1) is 18.2 Å². The average Bonchev–Trinajstić information content (AvgIpc) is 3.04. The lowest BCUT2D eigenvalue weighted by Gasteiger charge is -2.13. The van der Waals surface area contributed by atoms with Gasteiger partial charge in [-0.1, -0.05) is 13.0 Å². The standard InChI is InChI=1S/C16H21N3O/c1-3-18-16-7-4-12-8-14(5-6-15(12)16)20-10-13-9-17-11-19(13)2/h5-6,8-9,11,16,18H,3-4,7,10H2,1-2H3. The Morgan fingerprint density at radius 2 is 2.35 bits per heavy atom. The van der Waals surface area contributed by atoms with Crippen LogP contribution in [0.15, 0.2) is 30.7 Å². The zero-order valence-corrected chi connectivity index (χ0v) is 12.1. The maximum absolute atomic E-state index is 5.87. The molecule has 1 aliphatic carbocycles. The van der Waals surface area contributed by atoms with Gasteiger partial charge >= 0.3 is 0 Å². The van der Waals surface area contributed by atoms with Gasteiger partial charge in [-0.05, 0) is 42.6 Å². The van der Waals surface area contributed by atoms with E-state index in [0.717, 1.165) is 24.4 Å². The number of hydrogen-bond acceptors (Lipinski definition) is 3. The number of nitrogens with one attached hydrogen (secondary N) is 1. The van der Waals surface area contributed by atoms with Crippen molar-refractivity contribution >= 4 is 0 Å². The maximum atomic E-state index is 5.87. The van der Waals surface area contributed by atoms with E-state index in [-0.39, 0.29) is 0 Å². The number of fused-ring (bicyclic) bond motifs is 1. The van der Waals surface area contributed by atoms with Crippen LogP contribution in [0.1, 0.15) is 36.2 Å². The largest absolute Gasteiger partial charge is 0.487 e. The highest BCUT2D eigenvalue weighted by Crippen LogP contribution is 2.33. The van der Waals surface area contributed by atoms with Gasteiger partial charge in [-0.3, -0.25) is 0 Å². The van der Waals surface area contributed by atoms with Crippen LogP contribution in [-0.4, -0.2) is 16.1 Å². The van der Waals surface area contributed by atoms with E-state index in [9.17, 15) is 0 Å². The topological polar surface area (TPSA) is 39.1 Å². The molecule has 0 amide bonds. The summed E-state index contributed by atoms with van der Waals surface area (Å²) in [6.45, 7) is 3.73. The van der Waals surface area contributed by atoms with E-state index in [2.05, 4.69) is 35.4 Å². The summed E-state index contributed by atoms with van der Waals surface area (Å²) in [7, 11) is 1.98. The second-order valence-electron chi connectivity index (χ2n) is 5.29. The van der Waals surface area contributed by atoms with Crippen molar-refractivity contribution < 1.29 is 4.74 Å². The fourth-order valence-electron chi connectivity index (χ4n) is 2.82. The van der Waals surface area contributed by atoms with Crippen molar-refractivity contribution in [3.63, 3.8) is 0 Å². The number of imidazole rings is 1. The van der Waals surface area contributed by atoms with Crippen LogP contribution in [-0.2, 0) is 20.1 Å². The fourth-order valence-corrected chi connectivity index (χ4v) is 2.82. The molecule has 1 aliphatic rings. The van der Waals surface area contributed by atoms with Crippen LogP contribution in [0, 0.1) is 0 Å². The molecule has 0 radical (unpaired) electrons. The van der Waals surface area contributed by atoms with Gasteiger partial charge < -0.3 is 14.6 Å². The van der Waals surface area contributed by atoms with Gasteiger partial charge in [0.15, 0.2) is 0 Å². The second-order valence-corrected chi connectivity index (χ2v) is 5.29. The molecule has 1 atom stereocenters. The Balaban J connectivity index is 1.69. The van der Waals surface area contributed by atoms with Crippen molar-refractivity contribution in [1.29, 1.82) is 0 Å². The summed E-state index contributed by atoms with van der Waals surface area (Å²) >= 11 is 0. The highest BCUT2D eigenvalue weighted by Gasteiger charge is 2.21. The molecule has 106 valence electrons. The summed E-state index contributed by atoms with van der Waals surface area (Å²) in [4.78, 5) is 4.10. The summed E-state index contributed by atoms with van der Waals surface area (Å²) < 4.78 is 7.85. The molecule has 0 aliphatic heterocycles. The molecule has 1 aromatic carbocycles. The van der Waals surface area contributed by atoms with Gasteiger partial charge in [0, 0.05) is 13.1 Å². The molecule has 2 aromatic rings. The number of hydrogen-bond donors (Lipinski definition) is 1. The Labute approximate surface area is 119 Å². The highest BCUT2D eigenvalue weighted by atomic mass is 16.5. The molecule has 0 saturated carbocycles. The van der Waals surface area contributed by atoms with E-state index >= 15 is 0 Å². The lowest BCUT2D eigenvalue weighted by molar-refractivity contribution is 0.297. The Bertz CT molecular complexity index is 591. The number of aryl methyl sites for hydroxylation is 2. The molecule has 20 heavy (non-hydrogen) atoms. The maximum Gasteiger partial charge on any atom is 0.130 e. The van der Waals surface area contributed by atoms with Gasteiger partial charge in [0.1, 0.15) is 12.4 Å². The number of nitrogens with zero attached hydrogens (tertiary/aromatic N) is 2. The first kappa shape index (κ1) is 13.2. The molecule has 3 rings (SSSR count). The molecular formula is C16H21N3O. The predicted octanol–water partition coefficient (Wildman–Crippen LogP) is 2.60. The van der Waals surface area contributed by atoms with E-state index < -0.39 is 0 Å². The average molecular weight is 271 g/mol. The monoisotopic (exact) mass is 271 g/mol. The lowest BCUT2D eigenvalue weighted by atomic mass is 10.1. The molecule has 1 aromatic heterocycles. The third-order valence-electron chi connectivity index (χ3n) is 3.95. The van der Waals surface area contributed by atoms with Crippen LogP contribution in [0.5, 0.6) is 5.75 Å². The van der Waals surface area contributed by atoms with Crippen LogP contribution < -0.4 is 10.1 Å². The summed E-state index contributed by atoms with van der Waals surface area (Å²) in [5.74, 6) is 0.946. The quantitative estimate of drug-likeness (QED) is 0.908. The van der Waals surface area contributed by atoms with Gasteiger partial charge in [0.25, 0.3) is 0 Å². The lowest BCUT2D eigenvalue weighted by Crippen LogP contribution is -2.18. The van der Waals surface area contributed by atoms with Crippen LogP contribution >= 0.6 is 0 Å². The summed E-state index contributed by atoms with van der Waals surface area (Å²) in [5.41, 5.74) is 3.93. The first-order valence-electron chi connectivity index (χ1n) is 7.22. The molecule has 1 heterocycles. The first-order valence-corrected chi connectivity index (χ1v) is 7.22. The van der Waals surface area contributed by atoms with Gasteiger partial charge in [0.2, 0.25) is 0 Å². The third kappa shape index (κ3) is 2.56. The third-order valence-corrected chi connectivity index (χ3v) is 3.95. The minimum atomic E-state index is 0.515. The summed E-state index contributed by atoms with van der Waals surface area (Å²) in [5, 5.41) is 3.53. The van der Waals surface area contributed by atoms with E-state index in [0.29, 0.717) is 12.6 Å². The molecule has 0 bridgehead atoms. The van der Waals surface area contributed by atoms with Crippen molar-refractivity contribution in [2.45, 2.75) is 32.4 Å². The number of ether oxygens (including phenoxy) is 1. The van der Waals surface area contributed by atoms with Crippen molar-refractivity contribution in [2.24, 2.45) is 7.05 Å². The molecule has 0 saturated heterocycles. The fraction of sp³-hybridized carbons (Fsp3) is 0.438. The Morgan fingerprint density at radius 1 is 1.45 bits per heavy atom. The van der Waals surface area contributed by atoms with E-state index in [1.54, 1.807) is 6.33 Å². The Morgan fingerprint density at radius 3 is 3.10 bits per heavy atom. The number of benzene rings is 1. The van der Waals surface area contributed by atoms with Gasteiger partial charge in [-0.15, -0.1) is 0 Å². The molecule has 1 unspecified atom stereocenters. The molecule has 1 N–H and O–H groups in total. The van der Waals surface area contributed by atoms with Crippen LogP contribution in [0.3, 0.4) is 0 Å². The zero-order valence-electron chi connectivity index (χ0n) is 12.1. The first-order chi connectivity index (χ1) is 9.78. The Kier molecular flexibility index (Phi) is 3.74. The number of aromatic nitrogens is 2. The van der Waals surface area contributed by atoms with Crippen molar-refractivity contribution in [3.8, 4) is 5.75 Å². The summed E-state index contributed by atoms with van der Waals surface area (Å²) in [6.07, 6.45) is 5.96. The minimum Gasteiger partial charge on any atom is -0.487 e. The zero-order chi connectivity index (χ0) is 13.9. The molecule has 0 spiro atoms. The molecule has 4 nitrogen and oxygen atoms in total. The highest BCUT2D eigenvalue weighted by molar-refractivity contribution is 5.40. The predicted molar refractivity (Wildman–Crippen MR) is 78.7 cm³/mol. The minimum absolute atomic E-state index is 0.515. The van der Waals surface area contributed by atoms with E-state index in [1.807, 2.05) is 17.8 Å². The van der Waals surface area contributed by atoms with Crippen LogP contribution in [0.4, 0.5) is 0 Å². The molecule has 0 fully saturated rings. The SMILES string of the molecule is CCNC1CCc2cc(OCc3cncn3C)ccc21. The molecule has 4 heteroatoms.